The summed E-state index contributed by atoms with van der Waals surface area (Å²) in [5.41, 5.74) is 3.26. The molecule has 1 amide bonds. The third-order valence-electron chi connectivity index (χ3n) is 2.65. The lowest BCUT2D eigenvalue weighted by Crippen LogP contribution is -2.17. The Kier molecular flexibility index (Phi) is 5.40. The number of hydrogen-bond donors (Lipinski definition) is 1. The van der Waals surface area contributed by atoms with Gasteiger partial charge in [-0.3, -0.25) is 14.9 Å². The highest BCUT2D eigenvalue weighted by Gasteiger charge is 2.11. The largest absolute Gasteiger partial charge is 0.284 e. The molecular weight excluding hydrogens is 418 g/mol. The van der Waals surface area contributed by atoms with Crippen LogP contribution in [0.2, 0.25) is 0 Å². The molecule has 2 aromatic carbocycles. The number of benzene rings is 2. The number of nitro groups is 1. The van der Waals surface area contributed by atoms with Gasteiger partial charge in [0, 0.05) is 21.7 Å². The minimum absolute atomic E-state index is 0.0665. The zero-order valence-corrected chi connectivity index (χ0v) is 14.2. The van der Waals surface area contributed by atoms with Crippen molar-refractivity contribution in [2.75, 3.05) is 0 Å². The molecule has 2 aromatic rings. The third kappa shape index (κ3) is 4.22. The van der Waals surface area contributed by atoms with Crippen LogP contribution in [-0.2, 0) is 0 Å². The number of rotatable bonds is 4. The molecule has 8 heteroatoms. The minimum atomic E-state index is -0.498. The van der Waals surface area contributed by atoms with E-state index in [0.717, 1.165) is 4.47 Å². The van der Waals surface area contributed by atoms with E-state index in [1.54, 1.807) is 36.4 Å². The van der Waals surface area contributed by atoms with E-state index in [4.69, 9.17) is 0 Å². The van der Waals surface area contributed by atoms with Gasteiger partial charge in [0.1, 0.15) is 0 Å². The van der Waals surface area contributed by atoms with E-state index in [1.165, 1.54) is 12.3 Å². The Bertz CT molecular complexity index is 745. The van der Waals surface area contributed by atoms with Crippen LogP contribution in [0.25, 0.3) is 0 Å². The Morgan fingerprint density at radius 3 is 2.50 bits per heavy atom. The van der Waals surface area contributed by atoms with Crippen molar-refractivity contribution in [2.24, 2.45) is 5.10 Å². The number of nitrogens with zero attached hydrogens (tertiary/aromatic N) is 2. The summed E-state index contributed by atoms with van der Waals surface area (Å²) in [4.78, 5) is 22.1. The van der Waals surface area contributed by atoms with E-state index < -0.39 is 4.92 Å². The SMILES string of the molecule is O=C(N/N=C/c1ccc(Br)c([N+](=O)[O-])c1)c1ccc(Br)cc1. The molecule has 22 heavy (non-hydrogen) atoms. The smallest absolute Gasteiger partial charge is 0.267 e. The van der Waals surface area contributed by atoms with E-state index in [2.05, 4.69) is 42.4 Å². The highest BCUT2D eigenvalue weighted by atomic mass is 79.9. The van der Waals surface area contributed by atoms with Crippen LogP contribution in [0.3, 0.4) is 0 Å². The number of carbonyl (C=O) groups is 1. The number of amides is 1. The van der Waals surface area contributed by atoms with Crippen molar-refractivity contribution in [1.29, 1.82) is 0 Å². The monoisotopic (exact) mass is 425 g/mol. The fourth-order valence-electron chi connectivity index (χ4n) is 1.58. The van der Waals surface area contributed by atoms with Crippen LogP contribution in [-0.4, -0.2) is 17.0 Å². The second-order valence-corrected chi connectivity index (χ2v) is 5.94. The molecule has 0 unspecified atom stereocenters. The van der Waals surface area contributed by atoms with Gasteiger partial charge in [-0.2, -0.15) is 5.10 Å². The number of nitrogens with one attached hydrogen (secondary N) is 1. The van der Waals surface area contributed by atoms with Gasteiger partial charge in [0.15, 0.2) is 0 Å². The maximum absolute atomic E-state index is 11.8. The molecule has 2 rings (SSSR count). The summed E-state index contributed by atoms with van der Waals surface area (Å²) in [6, 6.07) is 11.4. The maximum Gasteiger partial charge on any atom is 0.284 e. The van der Waals surface area contributed by atoms with E-state index in [-0.39, 0.29) is 11.6 Å². The standard InChI is InChI=1S/C14H9Br2N3O3/c15-11-4-2-10(3-5-11)14(20)18-17-8-9-1-6-12(16)13(7-9)19(21)22/h1-8H,(H,18,20)/b17-8+. The Hall–Kier alpha value is -2.06. The first-order valence-corrected chi connectivity index (χ1v) is 7.59. The highest BCUT2D eigenvalue weighted by Crippen LogP contribution is 2.24. The molecule has 0 spiro atoms. The van der Waals surface area contributed by atoms with Gasteiger partial charge in [0.2, 0.25) is 0 Å². The van der Waals surface area contributed by atoms with Crippen LogP contribution in [0.4, 0.5) is 5.69 Å². The molecule has 0 radical (unpaired) electrons. The molecule has 0 heterocycles. The second kappa shape index (κ2) is 7.28. The number of hydrogen-bond acceptors (Lipinski definition) is 4. The number of halogens is 2. The molecule has 1 N–H and O–H groups in total. The van der Waals surface area contributed by atoms with Gasteiger partial charge in [-0.05, 0) is 46.3 Å². The summed E-state index contributed by atoms with van der Waals surface area (Å²) in [5, 5.41) is 14.6. The van der Waals surface area contributed by atoms with Crippen LogP contribution < -0.4 is 5.43 Å². The number of nitro benzene ring substituents is 1. The molecule has 0 aliphatic heterocycles. The van der Waals surface area contributed by atoms with E-state index in [1.807, 2.05) is 0 Å². The first kappa shape index (κ1) is 16.3. The maximum atomic E-state index is 11.8. The Morgan fingerprint density at radius 1 is 1.18 bits per heavy atom. The summed E-state index contributed by atoms with van der Waals surface area (Å²) in [7, 11) is 0. The minimum Gasteiger partial charge on any atom is -0.267 e. The zero-order valence-electron chi connectivity index (χ0n) is 11.0. The lowest BCUT2D eigenvalue weighted by molar-refractivity contribution is -0.385. The van der Waals surface area contributed by atoms with E-state index >= 15 is 0 Å². The fourth-order valence-corrected chi connectivity index (χ4v) is 2.24. The van der Waals surface area contributed by atoms with E-state index in [9.17, 15) is 14.9 Å². The molecule has 0 aliphatic rings. The molecule has 0 saturated carbocycles. The van der Waals surface area contributed by atoms with Gasteiger partial charge < -0.3 is 0 Å². The summed E-state index contributed by atoms with van der Waals surface area (Å²) < 4.78 is 1.25. The third-order valence-corrected chi connectivity index (χ3v) is 3.85. The van der Waals surface area contributed by atoms with Crippen LogP contribution in [0, 0.1) is 10.1 Å². The van der Waals surface area contributed by atoms with Crippen LogP contribution >= 0.6 is 31.9 Å². The molecule has 0 aromatic heterocycles. The normalized spacial score (nSPS) is 10.6. The molecule has 112 valence electrons. The van der Waals surface area contributed by atoms with Gasteiger partial charge in [0.05, 0.1) is 15.6 Å². The zero-order chi connectivity index (χ0) is 16.1. The van der Waals surface area contributed by atoms with Crippen molar-refractivity contribution >= 4 is 49.7 Å². The van der Waals surface area contributed by atoms with Gasteiger partial charge >= 0.3 is 0 Å². The van der Waals surface area contributed by atoms with Gasteiger partial charge in [-0.25, -0.2) is 5.43 Å². The van der Waals surface area contributed by atoms with Crippen LogP contribution in [0.5, 0.6) is 0 Å². The van der Waals surface area contributed by atoms with E-state index in [0.29, 0.717) is 15.6 Å². The quantitative estimate of drug-likeness (QED) is 0.457. The molecule has 0 fully saturated rings. The summed E-state index contributed by atoms with van der Waals surface area (Å²) in [6.45, 7) is 0. The topological polar surface area (TPSA) is 84.6 Å². The van der Waals surface area contributed by atoms with Gasteiger partial charge in [-0.15, -0.1) is 0 Å². The molecule has 0 saturated heterocycles. The highest BCUT2D eigenvalue weighted by molar-refractivity contribution is 9.10. The molecular formula is C14H9Br2N3O3. The van der Waals surface area contributed by atoms with Crippen molar-refractivity contribution in [3.63, 3.8) is 0 Å². The van der Waals surface area contributed by atoms with Crippen LogP contribution in [0.15, 0.2) is 56.5 Å². The second-order valence-electron chi connectivity index (χ2n) is 4.17. The lowest BCUT2D eigenvalue weighted by Gasteiger charge is -2.00. The number of hydrazone groups is 1. The summed E-state index contributed by atoms with van der Waals surface area (Å²) in [6.07, 6.45) is 1.34. The Balaban J connectivity index is 2.06. The Morgan fingerprint density at radius 2 is 1.86 bits per heavy atom. The predicted molar refractivity (Wildman–Crippen MR) is 90.0 cm³/mol. The number of carbonyl (C=O) groups excluding carboxylic acids is 1. The van der Waals surface area contributed by atoms with Gasteiger partial charge in [0.25, 0.3) is 11.6 Å². The van der Waals surface area contributed by atoms with Crippen molar-refractivity contribution < 1.29 is 9.72 Å². The molecule has 0 bridgehead atoms. The fraction of sp³-hybridized carbons (Fsp3) is 0. The van der Waals surface area contributed by atoms with Crippen molar-refractivity contribution in [3.05, 3.63) is 72.7 Å². The predicted octanol–water partition coefficient (Wildman–Crippen LogP) is 3.88. The Labute approximate surface area is 142 Å². The molecule has 0 aliphatic carbocycles. The van der Waals surface area contributed by atoms with Crippen molar-refractivity contribution in [1.82, 2.24) is 5.43 Å². The molecule has 0 atom stereocenters. The summed E-state index contributed by atoms with van der Waals surface area (Å²) >= 11 is 6.38. The van der Waals surface area contributed by atoms with Crippen LogP contribution in [0.1, 0.15) is 15.9 Å². The first-order valence-electron chi connectivity index (χ1n) is 6.00. The van der Waals surface area contributed by atoms with Gasteiger partial charge in [-0.1, -0.05) is 22.0 Å². The van der Waals surface area contributed by atoms with Crippen molar-refractivity contribution in [2.45, 2.75) is 0 Å². The van der Waals surface area contributed by atoms with Crippen molar-refractivity contribution in [3.8, 4) is 0 Å². The average Bonchev–Trinajstić information content (AvgIpc) is 2.49. The summed E-state index contributed by atoms with van der Waals surface area (Å²) in [5.74, 6) is -0.365. The average molecular weight is 427 g/mol. The lowest BCUT2D eigenvalue weighted by atomic mass is 10.2. The first-order chi connectivity index (χ1) is 10.5. The molecule has 6 nitrogen and oxygen atoms in total.